The summed E-state index contributed by atoms with van der Waals surface area (Å²) in [6.07, 6.45) is 5.71. The van der Waals surface area contributed by atoms with E-state index < -0.39 is 20.3 Å². The van der Waals surface area contributed by atoms with Crippen LogP contribution in [0.3, 0.4) is 0 Å². The van der Waals surface area contributed by atoms with Crippen LogP contribution in [0.2, 0.25) is 7.96 Å². The van der Waals surface area contributed by atoms with Gasteiger partial charge in [0, 0.05) is 0 Å². The molecule has 0 radical (unpaired) electrons. The maximum absolute atomic E-state index is 3.90. The summed E-state index contributed by atoms with van der Waals surface area (Å²) in [7, 11) is 0. The second-order valence-electron chi connectivity index (χ2n) is 2.88. The van der Waals surface area contributed by atoms with Crippen molar-refractivity contribution in [3.63, 3.8) is 0 Å². The zero-order chi connectivity index (χ0) is 7.82. The minimum absolute atomic E-state index is 1.15. The minimum atomic E-state index is -1.15. The zero-order valence-corrected chi connectivity index (χ0v) is 13.3. The van der Waals surface area contributed by atoms with Gasteiger partial charge in [-0.05, 0) is 0 Å². The van der Waals surface area contributed by atoms with Crippen LogP contribution in [-0.4, -0.2) is 20.3 Å². The third-order valence-electron chi connectivity index (χ3n) is 1.74. The Morgan fingerprint density at radius 2 is 1.40 bits per heavy atom. The Kier molecular flexibility index (Phi) is 9.69. The van der Waals surface area contributed by atoms with Gasteiger partial charge in [-0.3, -0.25) is 0 Å². The average Bonchev–Trinajstić information content (AvgIpc) is 1.97. The number of rotatable bonds is 6. The zero-order valence-electron chi connectivity index (χ0n) is 7.20. The summed E-state index contributed by atoms with van der Waals surface area (Å²) in [5, 5.41) is 0. The van der Waals surface area contributed by atoms with Crippen molar-refractivity contribution in [1.82, 2.24) is 0 Å². The molecule has 60 valence electrons. The van der Waals surface area contributed by atoms with Gasteiger partial charge >= 0.3 is 79.8 Å². The third kappa shape index (κ3) is 7.51. The second kappa shape index (κ2) is 8.50. The monoisotopic (exact) mass is 398 g/mol. The van der Waals surface area contributed by atoms with Gasteiger partial charge in [0.05, 0.1) is 0 Å². The molecule has 0 aliphatic carbocycles. The fraction of sp³-hybridized carbons (Fsp3) is 1.00. The molecule has 0 aromatic carbocycles. The molecule has 0 unspecified atom stereocenters. The van der Waals surface area contributed by atoms with E-state index in [1.54, 1.807) is 7.96 Å². The molecule has 0 nitrogen and oxygen atoms in total. The molecule has 0 aromatic heterocycles. The molecule has 0 bridgehead atoms. The van der Waals surface area contributed by atoms with E-state index in [0.29, 0.717) is 0 Å². The molecular formula is C8H18BrTl. The van der Waals surface area contributed by atoms with Gasteiger partial charge in [0.1, 0.15) is 0 Å². The summed E-state index contributed by atoms with van der Waals surface area (Å²) in [4.78, 5) is 0. The van der Waals surface area contributed by atoms with E-state index in [4.69, 9.17) is 0 Å². The van der Waals surface area contributed by atoms with Crippen LogP contribution < -0.4 is 0 Å². The predicted octanol–water partition coefficient (Wildman–Crippen LogP) is 3.97. The first-order valence-electron chi connectivity index (χ1n) is 4.45. The van der Waals surface area contributed by atoms with Gasteiger partial charge < -0.3 is 0 Å². The molecule has 0 heterocycles. The van der Waals surface area contributed by atoms with Crippen LogP contribution in [0.4, 0.5) is 0 Å². The van der Waals surface area contributed by atoms with Crippen LogP contribution >= 0.6 is 12.0 Å². The second-order valence-corrected chi connectivity index (χ2v) is 23.4. The Morgan fingerprint density at radius 3 is 1.70 bits per heavy atom. The first-order valence-corrected chi connectivity index (χ1v) is 20.5. The van der Waals surface area contributed by atoms with Gasteiger partial charge in [0.15, 0.2) is 0 Å². The molecule has 0 aliphatic heterocycles. The van der Waals surface area contributed by atoms with E-state index in [1.807, 2.05) is 0 Å². The normalized spacial score (nSPS) is 9.90. The van der Waals surface area contributed by atoms with E-state index in [1.165, 1.54) is 25.7 Å². The van der Waals surface area contributed by atoms with Gasteiger partial charge in [-0.15, -0.1) is 0 Å². The molecule has 0 fully saturated rings. The van der Waals surface area contributed by atoms with Crippen molar-refractivity contribution in [2.24, 2.45) is 0 Å². The fourth-order valence-electron chi connectivity index (χ4n) is 0.996. The summed E-state index contributed by atoms with van der Waals surface area (Å²) < 4.78 is 3.16. The molecular weight excluding hydrogens is 380 g/mol. The van der Waals surface area contributed by atoms with Crippen molar-refractivity contribution in [1.29, 1.82) is 0 Å². The van der Waals surface area contributed by atoms with E-state index in [9.17, 15) is 0 Å². The molecule has 0 N–H and O–H groups in total. The Hall–Kier alpha value is 1.40. The van der Waals surface area contributed by atoms with Crippen LogP contribution in [0, 0.1) is 0 Å². The van der Waals surface area contributed by atoms with Crippen LogP contribution in [0.1, 0.15) is 39.5 Å². The molecule has 0 saturated heterocycles. The predicted molar refractivity (Wildman–Crippen MR) is 54.1 cm³/mol. The van der Waals surface area contributed by atoms with Crippen LogP contribution in [0.15, 0.2) is 0 Å². The Morgan fingerprint density at radius 1 is 1.00 bits per heavy atom. The van der Waals surface area contributed by atoms with Crippen molar-refractivity contribution in [3.05, 3.63) is 0 Å². The van der Waals surface area contributed by atoms with Gasteiger partial charge in [-0.2, -0.15) is 0 Å². The Bertz CT molecular complexity index is 58.3. The molecule has 0 atom stereocenters. The van der Waals surface area contributed by atoms with Crippen molar-refractivity contribution in [3.8, 4) is 0 Å². The first kappa shape index (κ1) is 11.4. The number of hydrogen-bond acceptors (Lipinski definition) is 0. The summed E-state index contributed by atoms with van der Waals surface area (Å²) in [6.45, 7) is 4.57. The van der Waals surface area contributed by atoms with Crippen LogP contribution in [0.5, 0.6) is 0 Å². The van der Waals surface area contributed by atoms with Gasteiger partial charge in [0.25, 0.3) is 0 Å². The average molecular weight is 399 g/mol. The summed E-state index contributed by atoms with van der Waals surface area (Å²) in [5.41, 5.74) is 0. The SMILES string of the molecule is CCC[CH2][Tl]([Br])[CH2]CCC. The number of unbranched alkanes of at least 4 members (excludes halogenated alkanes) is 2. The molecule has 0 aromatic rings. The number of hydrogen-bond donors (Lipinski definition) is 0. The van der Waals surface area contributed by atoms with Crippen molar-refractivity contribution in [2.75, 3.05) is 0 Å². The molecule has 10 heavy (non-hydrogen) atoms. The topological polar surface area (TPSA) is 0 Å². The van der Waals surface area contributed by atoms with Gasteiger partial charge in [0.2, 0.25) is 0 Å². The van der Waals surface area contributed by atoms with E-state index in [0.717, 1.165) is 0 Å². The molecule has 0 aliphatic rings. The van der Waals surface area contributed by atoms with Crippen molar-refractivity contribution < 1.29 is 0 Å². The van der Waals surface area contributed by atoms with E-state index >= 15 is 0 Å². The van der Waals surface area contributed by atoms with E-state index in [2.05, 4.69) is 25.8 Å². The van der Waals surface area contributed by atoms with Gasteiger partial charge in [-0.25, -0.2) is 0 Å². The van der Waals surface area contributed by atoms with Crippen molar-refractivity contribution >= 4 is 32.3 Å². The Balaban J connectivity index is 3.00. The standard InChI is InChI=1S/2C4H9.BrH.Tl/c2*1-3-4-2;;/h2*1,3-4H2,2H3;1H;/q;;;+1/p-1. The molecule has 0 saturated carbocycles. The van der Waals surface area contributed by atoms with Crippen LogP contribution in [-0.2, 0) is 0 Å². The van der Waals surface area contributed by atoms with Crippen LogP contribution in [0.25, 0.3) is 0 Å². The van der Waals surface area contributed by atoms with Gasteiger partial charge in [-0.1, -0.05) is 0 Å². The number of halogens is 1. The summed E-state index contributed by atoms with van der Waals surface area (Å²) in [5.74, 6) is 0. The molecule has 0 amide bonds. The quantitative estimate of drug-likeness (QED) is 0.594. The fourth-order valence-corrected chi connectivity index (χ4v) is 14.4. The summed E-state index contributed by atoms with van der Waals surface area (Å²) in [6, 6.07) is 0. The molecule has 2 heteroatoms. The first-order chi connectivity index (χ1) is 4.81. The molecule has 0 rings (SSSR count). The van der Waals surface area contributed by atoms with E-state index in [-0.39, 0.29) is 0 Å². The Labute approximate surface area is 79.2 Å². The van der Waals surface area contributed by atoms with Crippen molar-refractivity contribution in [2.45, 2.75) is 47.5 Å². The molecule has 0 spiro atoms. The summed E-state index contributed by atoms with van der Waals surface area (Å²) >= 11 is 2.75. The third-order valence-corrected chi connectivity index (χ3v) is 17.8. The maximum atomic E-state index is 3.90.